The van der Waals surface area contributed by atoms with Crippen LogP contribution in [0.15, 0.2) is 66.7 Å². The first-order valence-corrected chi connectivity index (χ1v) is 9.91. The van der Waals surface area contributed by atoms with E-state index in [4.69, 9.17) is 0 Å². The van der Waals surface area contributed by atoms with Gasteiger partial charge in [0.15, 0.2) is 0 Å². The Labute approximate surface area is 165 Å². The minimum Gasteiger partial charge on any atom is -0.349 e. The third-order valence-electron chi connectivity index (χ3n) is 5.38. The monoisotopic (exact) mass is 372 g/mol. The summed E-state index contributed by atoms with van der Waals surface area (Å²) in [7, 11) is 0. The Kier molecular flexibility index (Phi) is 5.38. The Hall–Kier alpha value is -3.14. The van der Waals surface area contributed by atoms with E-state index in [1.807, 2.05) is 42.5 Å². The molecule has 0 radical (unpaired) electrons. The predicted molar refractivity (Wildman–Crippen MR) is 113 cm³/mol. The molecular formula is C24H24N2O2. The largest absolute Gasteiger partial charge is 0.349 e. The lowest BCUT2D eigenvalue weighted by atomic mass is 9.95. The number of fused-ring (bicyclic) bond motifs is 1. The lowest BCUT2D eigenvalue weighted by molar-refractivity contribution is 0.0927. The molecule has 3 aromatic carbocycles. The summed E-state index contributed by atoms with van der Waals surface area (Å²) in [5.74, 6) is -0.199. The molecule has 2 N–H and O–H groups in total. The van der Waals surface area contributed by atoms with Crippen molar-refractivity contribution in [1.82, 2.24) is 5.32 Å². The van der Waals surface area contributed by atoms with Crippen LogP contribution in [0.25, 0.3) is 10.8 Å². The Bertz CT molecular complexity index is 984. The molecule has 142 valence electrons. The van der Waals surface area contributed by atoms with Crippen molar-refractivity contribution in [2.75, 3.05) is 5.32 Å². The first-order chi connectivity index (χ1) is 13.7. The van der Waals surface area contributed by atoms with Crippen molar-refractivity contribution in [3.63, 3.8) is 0 Å². The van der Waals surface area contributed by atoms with E-state index in [0.717, 1.165) is 23.6 Å². The molecule has 0 heterocycles. The molecular weight excluding hydrogens is 348 g/mol. The van der Waals surface area contributed by atoms with Gasteiger partial charge in [0.2, 0.25) is 0 Å². The lowest BCUT2D eigenvalue weighted by Crippen LogP contribution is -2.36. The van der Waals surface area contributed by atoms with Crippen LogP contribution in [0.3, 0.4) is 0 Å². The fourth-order valence-electron chi connectivity index (χ4n) is 3.84. The van der Waals surface area contributed by atoms with Crippen molar-refractivity contribution in [1.29, 1.82) is 0 Å². The summed E-state index contributed by atoms with van der Waals surface area (Å²) in [6.45, 7) is 0. The Balaban J connectivity index is 1.44. The van der Waals surface area contributed by atoms with Crippen LogP contribution in [0.2, 0.25) is 0 Å². The summed E-state index contributed by atoms with van der Waals surface area (Å²) in [4.78, 5) is 25.1. The highest BCUT2D eigenvalue weighted by molar-refractivity contribution is 6.13. The highest BCUT2D eigenvalue weighted by atomic mass is 16.2. The van der Waals surface area contributed by atoms with Crippen molar-refractivity contribution < 1.29 is 9.59 Å². The van der Waals surface area contributed by atoms with E-state index in [9.17, 15) is 9.59 Å². The molecule has 0 unspecified atom stereocenters. The topological polar surface area (TPSA) is 58.2 Å². The molecule has 1 fully saturated rings. The average Bonchev–Trinajstić information content (AvgIpc) is 2.74. The van der Waals surface area contributed by atoms with Gasteiger partial charge in [0, 0.05) is 22.9 Å². The van der Waals surface area contributed by atoms with Gasteiger partial charge in [-0.2, -0.15) is 0 Å². The van der Waals surface area contributed by atoms with Crippen LogP contribution in [0, 0.1) is 0 Å². The van der Waals surface area contributed by atoms with E-state index in [0.29, 0.717) is 16.8 Å². The molecule has 0 saturated heterocycles. The zero-order chi connectivity index (χ0) is 19.3. The summed E-state index contributed by atoms with van der Waals surface area (Å²) in [5.41, 5.74) is 1.93. The summed E-state index contributed by atoms with van der Waals surface area (Å²) >= 11 is 0. The number of anilines is 1. The maximum absolute atomic E-state index is 12.7. The van der Waals surface area contributed by atoms with Gasteiger partial charge in [-0.3, -0.25) is 9.59 Å². The van der Waals surface area contributed by atoms with Gasteiger partial charge in [-0.25, -0.2) is 0 Å². The van der Waals surface area contributed by atoms with E-state index in [1.54, 1.807) is 24.3 Å². The zero-order valence-electron chi connectivity index (χ0n) is 15.8. The fourth-order valence-corrected chi connectivity index (χ4v) is 3.84. The maximum atomic E-state index is 12.7. The molecule has 4 rings (SSSR count). The summed E-state index contributed by atoms with van der Waals surface area (Å²) < 4.78 is 0. The molecule has 28 heavy (non-hydrogen) atoms. The molecule has 3 aromatic rings. The van der Waals surface area contributed by atoms with Crippen LogP contribution in [-0.4, -0.2) is 17.9 Å². The van der Waals surface area contributed by atoms with Crippen LogP contribution in [-0.2, 0) is 0 Å². The van der Waals surface area contributed by atoms with Crippen LogP contribution >= 0.6 is 0 Å². The van der Waals surface area contributed by atoms with E-state index >= 15 is 0 Å². The third-order valence-corrected chi connectivity index (χ3v) is 5.38. The zero-order valence-corrected chi connectivity index (χ0v) is 15.8. The Morgan fingerprint density at radius 2 is 1.46 bits per heavy atom. The fraction of sp³-hybridized carbons (Fsp3) is 0.250. The molecule has 2 amide bonds. The molecule has 1 aliphatic rings. The highest BCUT2D eigenvalue weighted by Gasteiger charge is 2.17. The van der Waals surface area contributed by atoms with Gasteiger partial charge >= 0.3 is 0 Å². The second kappa shape index (κ2) is 8.26. The molecule has 1 aliphatic carbocycles. The molecule has 0 spiro atoms. The second-order valence-corrected chi connectivity index (χ2v) is 7.37. The highest BCUT2D eigenvalue weighted by Crippen LogP contribution is 2.21. The number of carbonyl (C=O) groups is 2. The molecule has 1 saturated carbocycles. The van der Waals surface area contributed by atoms with E-state index in [2.05, 4.69) is 10.6 Å². The van der Waals surface area contributed by atoms with Crippen LogP contribution in [0.4, 0.5) is 5.69 Å². The first kappa shape index (κ1) is 18.2. The van der Waals surface area contributed by atoms with Gasteiger partial charge < -0.3 is 10.6 Å². The number of amides is 2. The van der Waals surface area contributed by atoms with Gasteiger partial charge in [0.1, 0.15) is 0 Å². The van der Waals surface area contributed by atoms with Gasteiger partial charge in [-0.05, 0) is 53.9 Å². The van der Waals surface area contributed by atoms with E-state index < -0.39 is 0 Å². The lowest BCUT2D eigenvalue weighted by Gasteiger charge is -2.22. The van der Waals surface area contributed by atoms with Crippen LogP contribution in [0.1, 0.15) is 52.8 Å². The Morgan fingerprint density at radius 3 is 2.25 bits per heavy atom. The summed E-state index contributed by atoms with van der Waals surface area (Å²) in [6, 6.07) is 20.9. The number of carbonyl (C=O) groups excluding carboxylic acids is 2. The number of hydrogen-bond donors (Lipinski definition) is 2. The second-order valence-electron chi connectivity index (χ2n) is 7.37. The van der Waals surface area contributed by atoms with Crippen molar-refractivity contribution >= 4 is 28.3 Å². The molecule has 4 nitrogen and oxygen atoms in total. The van der Waals surface area contributed by atoms with Crippen molar-refractivity contribution in [2.45, 2.75) is 38.1 Å². The average molecular weight is 372 g/mol. The molecule has 0 aromatic heterocycles. The normalized spacial score (nSPS) is 14.6. The van der Waals surface area contributed by atoms with Crippen LogP contribution < -0.4 is 10.6 Å². The summed E-state index contributed by atoms with van der Waals surface area (Å²) in [5, 5.41) is 8.00. The van der Waals surface area contributed by atoms with Gasteiger partial charge in [-0.1, -0.05) is 55.7 Å². The van der Waals surface area contributed by atoms with E-state index in [1.165, 1.54) is 19.3 Å². The van der Waals surface area contributed by atoms with Crippen molar-refractivity contribution in [2.24, 2.45) is 0 Å². The SMILES string of the molecule is O=C(NC1CCCCC1)c1ccc(NC(=O)c2cccc3ccccc23)cc1. The standard InChI is InChI=1S/C24H24N2O2/c27-23(25-19-9-2-1-3-10-19)18-13-15-20(16-14-18)26-24(28)22-12-6-8-17-7-4-5-11-21(17)22/h4-8,11-16,19H,1-3,9-10H2,(H,25,27)(H,26,28). The smallest absolute Gasteiger partial charge is 0.256 e. The van der Waals surface area contributed by atoms with E-state index in [-0.39, 0.29) is 17.9 Å². The maximum Gasteiger partial charge on any atom is 0.256 e. The van der Waals surface area contributed by atoms with Crippen molar-refractivity contribution in [3.05, 3.63) is 77.9 Å². The quantitative estimate of drug-likeness (QED) is 0.665. The third kappa shape index (κ3) is 4.06. The minimum atomic E-state index is -0.156. The van der Waals surface area contributed by atoms with Crippen LogP contribution in [0.5, 0.6) is 0 Å². The molecule has 0 bridgehead atoms. The molecule has 0 aliphatic heterocycles. The van der Waals surface area contributed by atoms with Gasteiger partial charge in [0.25, 0.3) is 11.8 Å². The number of hydrogen-bond acceptors (Lipinski definition) is 2. The number of rotatable bonds is 4. The first-order valence-electron chi connectivity index (χ1n) is 9.91. The predicted octanol–water partition coefficient (Wildman–Crippen LogP) is 5.15. The minimum absolute atomic E-state index is 0.0428. The van der Waals surface area contributed by atoms with Crippen molar-refractivity contribution in [3.8, 4) is 0 Å². The number of nitrogens with one attached hydrogen (secondary N) is 2. The molecule has 4 heteroatoms. The number of benzene rings is 3. The Morgan fingerprint density at radius 1 is 0.750 bits per heavy atom. The van der Waals surface area contributed by atoms with Gasteiger partial charge in [-0.15, -0.1) is 0 Å². The summed E-state index contributed by atoms with van der Waals surface area (Å²) in [6.07, 6.45) is 5.75. The van der Waals surface area contributed by atoms with Gasteiger partial charge in [0.05, 0.1) is 0 Å². The molecule has 0 atom stereocenters.